The molecule has 6 nitrogen and oxygen atoms in total. The summed E-state index contributed by atoms with van der Waals surface area (Å²) in [4.78, 5) is 0. The molecule has 1 aliphatic rings. The molecule has 0 saturated carbocycles. The smallest absolute Gasteiger partial charge is 0.214 e. The van der Waals surface area contributed by atoms with Crippen LogP contribution in [0.15, 0.2) is 0 Å². The SMILES string of the molecule is CC(C)CC(C)(O)CNS(=O)(=O)C1CCS(=O)(=O)CC1. The van der Waals surface area contributed by atoms with E-state index in [0.29, 0.717) is 6.42 Å². The Morgan fingerprint density at radius 2 is 1.80 bits per heavy atom. The zero-order valence-electron chi connectivity index (χ0n) is 12.3. The third-order valence-corrected chi connectivity index (χ3v) is 7.05. The maximum Gasteiger partial charge on any atom is 0.214 e. The van der Waals surface area contributed by atoms with E-state index in [4.69, 9.17) is 0 Å². The second-order valence-corrected chi connectivity index (χ2v) is 10.7. The Kier molecular flexibility index (Phi) is 5.62. The van der Waals surface area contributed by atoms with Gasteiger partial charge in [0.05, 0.1) is 22.4 Å². The predicted octanol–water partition coefficient (Wildman–Crippen LogP) is 0.280. The standard InChI is InChI=1S/C12H25NO5S2/c1-10(2)8-12(3,14)9-13-20(17,18)11-4-6-19(15,16)7-5-11/h10-11,13-14H,4-9H2,1-3H3. The van der Waals surface area contributed by atoms with Crippen LogP contribution in [-0.4, -0.2) is 50.8 Å². The highest BCUT2D eigenvalue weighted by Gasteiger charge is 2.34. The molecule has 0 radical (unpaired) electrons. The minimum atomic E-state index is -3.58. The first-order chi connectivity index (χ1) is 8.94. The van der Waals surface area contributed by atoms with Gasteiger partial charge >= 0.3 is 0 Å². The lowest BCUT2D eigenvalue weighted by molar-refractivity contribution is 0.0436. The van der Waals surface area contributed by atoms with Crippen molar-refractivity contribution in [2.75, 3.05) is 18.1 Å². The molecule has 20 heavy (non-hydrogen) atoms. The summed E-state index contributed by atoms with van der Waals surface area (Å²) in [6.45, 7) is 5.46. The molecule has 1 aliphatic heterocycles. The highest BCUT2D eigenvalue weighted by molar-refractivity contribution is 7.92. The largest absolute Gasteiger partial charge is 0.389 e. The van der Waals surface area contributed by atoms with E-state index in [2.05, 4.69) is 4.72 Å². The Hall–Kier alpha value is -0.180. The van der Waals surface area contributed by atoms with Crippen LogP contribution in [0.2, 0.25) is 0 Å². The number of rotatable bonds is 6. The van der Waals surface area contributed by atoms with E-state index < -0.39 is 30.7 Å². The Labute approximate surface area is 121 Å². The summed E-state index contributed by atoms with van der Waals surface area (Å²) in [5, 5.41) is 9.43. The molecule has 0 bridgehead atoms. The van der Waals surface area contributed by atoms with Crippen LogP contribution in [0.5, 0.6) is 0 Å². The van der Waals surface area contributed by atoms with Gasteiger partial charge in [0, 0.05) is 6.54 Å². The molecule has 0 aromatic heterocycles. The number of hydrogen-bond donors (Lipinski definition) is 2. The highest BCUT2D eigenvalue weighted by atomic mass is 32.2. The zero-order chi connectivity index (χ0) is 15.6. The van der Waals surface area contributed by atoms with Crippen LogP contribution in [0.3, 0.4) is 0 Å². The summed E-state index contributed by atoms with van der Waals surface area (Å²) < 4.78 is 49.3. The lowest BCUT2D eigenvalue weighted by atomic mass is 9.95. The number of aliphatic hydroxyl groups is 1. The number of hydrogen-bond acceptors (Lipinski definition) is 5. The van der Waals surface area contributed by atoms with Crippen LogP contribution in [0.25, 0.3) is 0 Å². The Bertz CT molecular complexity index is 508. The minimum Gasteiger partial charge on any atom is -0.389 e. The molecule has 0 aliphatic carbocycles. The molecule has 2 N–H and O–H groups in total. The molecule has 1 atom stereocenters. The molecule has 1 fully saturated rings. The first-order valence-electron chi connectivity index (χ1n) is 6.85. The van der Waals surface area contributed by atoms with Crippen LogP contribution in [0.1, 0.15) is 40.0 Å². The van der Waals surface area contributed by atoms with Crippen molar-refractivity contribution < 1.29 is 21.9 Å². The first-order valence-corrected chi connectivity index (χ1v) is 10.2. The molecular formula is C12H25NO5S2. The van der Waals surface area contributed by atoms with Gasteiger partial charge in [-0.3, -0.25) is 0 Å². The first kappa shape index (κ1) is 17.9. The van der Waals surface area contributed by atoms with Gasteiger partial charge in [0.1, 0.15) is 9.84 Å². The lowest BCUT2D eigenvalue weighted by Gasteiger charge is -2.28. The molecule has 1 rings (SSSR count). The topological polar surface area (TPSA) is 101 Å². The van der Waals surface area contributed by atoms with Gasteiger partial charge in [0.2, 0.25) is 10.0 Å². The second-order valence-electron chi connectivity index (χ2n) is 6.31. The predicted molar refractivity (Wildman–Crippen MR) is 78.7 cm³/mol. The molecule has 120 valence electrons. The molecule has 1 unspecified atom stereocenters. The van der Waals surface area contributed by atoms with Gasteiger partial charge in [-0.25, -0.2) is 21.6 Å². The molecule has 0 aromatic rings. The molecular weight excluding hydrogens is 302 g/mol. The van der Waals surface area contributed by atoms with E-state index in [1.165, 1.54) is 0 Å². The van der Waals surface area contributed by atoms with Gasteiger partial charge in [0.25, 0.3) is 0 Å². The van der Waals surface area contributed by atoms with Gasteiger partial charge in [0.15, 0.2) is 0 Å². The highest BCUT2D eigenvalue weighted by Crippen LogP contribution is 2.20. The van der Waals surface area contributed by atoms with Crippen molar-refractivity contribution in [3.63, 3.8) is 0 Å². The van der Waals surface area contributed by atoms with Crippen molar-refractivity contribution >= 4 is 19.9 Å². The summed E-state index contributed by atoms with van der Waals surface area (Å²) in [6.07, 6.45) is 0.753. The molecule has 8 heteroatoms. The van der Waals surface area contributed by atoms with Crippen LogP contribution >= 0.6 is 0 Å². The number of sulfone groups is 1. The fraction of sp³-hybridized carbons (Fsp3) is 1.00. The van der Waals surface area contributed by atoms with Gasteiger partial charge in [-0.2, -0.15) is 0 Å². The van der Waals surface area contributed by atoms with Crippen molar-refractivity contribution in [2.24, 2.45) is 5.92 Å². The third-order valence-electron chi connectivity index (χ3n) is 3.44. The minimum absolute atomic E-state index is 0.0449. The van der Waals surface area contributed by atoms with Crippen molar-refractivity contribution in [1.82, 2.24) is 4.72 Å². The summed E-state index contributed by atoms with van der Waals surface area (Å²) in [5.74, 6) is 0.0939. The number of nitrogens with one attached hydrogen (secondary N) is 1. The van der Waals surface area contributed by atoms with Crippen molar-refractivity contribution in [2.45, 2.75) is 50.9 Å². The van der Waals surface area contributed by atoms with E-state index in [1.54, 1.807) is 6.92 Å². The number of sulfonamides is 1. The van der Waals surface area contributed by atoms with Crippen molar-refractivity contribution in [3.05, 3.63) is 0 Å². The van der Waals surface area contributed by atoms with E-state index in [0.717, 1.165) is 0 Å². The average molecular weight is 327 g/mol. The fourth-order valence-corrected chi connectivity index (χ4v) is 5.90. The average Bonchev–Trinajstić information content (AvgIpc) is 2.24. The van der Waals surface area contributed by atoms with Gasteiger partial charge in [-0.05, 0) is 32.1 Å². The van der Waals surface area contributed by atoms with Crippen molar-refractivity contribution in [3.8, 4) is 0 Å². The van der Waals surface area contributed by atoms with E-state index >= 15 is 0 Å². The maximum atomic E-state index is 12.1. The molecule has 0 aromatic carbocycles. The Morgan fingerprint density at radius 3 is 2.25 bits per heavy atom. The summed E-state index contributed by atoms with van der Waals surface area (Å²) in [5.41, 5.74) is -1.10. The lowest BCUT2D eigenvalue weighted by Crippen LogP contribution is -2.46. The summed E-state index contributed by atoms with van der Waals surface area (Å²) in [7, 11) is -6.65. The molecule has 0 spiro atoms. The molecule has 0 amide bonds. The van der Waals surface area contributed by atoms with E-state index in [1.807, 2.05) is 13.8 Å². The van der Waals surface area contributed by atoms with Crippen LogP contribution in [0.4, 0.5) is 0 Å². The van der Waals surface area contributed by atoms with Crippen molar-refractivity contribution in [1.29, 1.82) is 0 Å². The van der Waals surface area contributed by atoms with Gasteiger partial charge < -0.3 is 5.11 Å². The molecule has 1 saturated heterocycles. The van der Waals surface area contributed by atoms with E-state index in [9.17, 15) is 21.9 Å². The quantitative estimate of drug-likeness (QED) is 0.730. The van der Waals surface area contributed by atoms with Crippen LogP contribution in [-0.2, 0) is 19.9 Å². The van der Waals surface area contributed by atoms with Gasteiger partial charge in [-0.1, -0.05) is 13.8 Å². The summed E-state index contributed by atoms with van der Waals surface area (Å²) in [6, 6.07) is 0. The van der Waals surface area contributed by atoms with Crippen LogP contribution < -0.4 is 4.72 Å². The fourth-order valence-electron chi connectivity index (χ4n) is 2.50. The second kappa shape index (κ2) is 6.29. The van der Waals surface area contributed by atoms with Gasteiger partial charge in [-0.15, -0.1) is 0 Å². The van der Waals surface area contributed by atoms with Crippen LogP contribution in [0, 0.1) is 5.92 Å². The summed E-state index contributed by atoms with van der Waals surface area (Å²) >= 11 is 0. The maximum absolute atomic E-state index is 12.1. The molecule has 1 heterocycles. The Morgan fingerprint density at radius 1 is 1.30 bits per heavy atom. The zero-order valence-corrected chi connectivity index (χ0v) is 13.9. The monoisotopic (exact) mass is 327 g/mol. The third kappa shape index (κ3) is 5.67. The Balaban J connectivity index is 2.59. The normalized spacial score (nSPS) is 23.6. The van der Waals surface area contributed by atoms with E-state index in [-0.39, 0.29) is 36.8 Å².